The van der Waals surface area contributed by atoms with Gasteiger partial charge in [0.05, 0.1) is 15.2 Å². The summed E-state index contributed by atoms with van der Waals surface area (Å²) >= 11 is 1.76. The number of hydrogen-bond donors (Lipinski definition) is 0. The average Bonchev–Trinajstić information content (AvgIpc) is 3.35. The fourth-order valence-corrected chi connectivity index (χ4v) is 10.2. The van der Waals surface area contributed by atoms with Crippen molar-refractivity contribution in [2.75, 3.05) is 21.3 Å². The Balaban J connectivity index is 2.41. The largest absolute Gasteiger partial charge is 0.468 e. The summed E-state index contributed by atoms with van der Waals surface area (Å²) in [5, 5.41) is -1.20. The van der Waals surface area contributed by atoms with Gasteiger partial charge in [0.2, 0.25) is 0 Å². The minimum atomic E-state index is -3.60. The fraction of sp³-hybridized carbons (Fsp3) is 0.588. The Bertz CT molecular complexity index is 655. The summed E-state index contributed by atoms with van der Waals surface area (Å²) in [7, 11) is -1.31. The molecule has 0 aliphatic heterocycles. The molecule has 140 valence electrons. The third-order valence-electron chi connectivity index (χ3n) is 4.72. The third-order valence-corrected chi connectivity index (χ3v) is 13.1. The lowest BCUT2D eigenvalue weighted by molar-refractivity contribution is -0.141. The molecule has 25 heavy (non-hydrogen) atoms. The van der Waals surface area contributed by atoms with Gasteiger partial charge < -0.3 is 13.8 Å². The molecule has 1 aromatic carbocycles. The van der Waals surface area contributed by atoms with Crippen LogP contribution in [0, 0.1) is 5.92 Å². The second-order valence-electron chi connectivity index (χ2n) is 7.31. The summed E-state index contributed by atoms with van der Waals surface area (Å²) in [5.74, 6) is -0.594. The van der Waals surface area contributed by atoms with E-state index in [4.69, 9.17) is 13.8 Å². The predicted octanol–water partition coefficient (Wildman–Crippen LogP) is 4.44. The SMILES string of the molecule is COC(=O)[C@@]1(P(=O)(OC)OC)C[C@@H]1[C@H](Sc1ccccc1)[Si](C)(C)C. The summed E-state index contributed by atoms with van der Waals surface area (Å²) in [6.07, 6.45) is 0.466. The Labute approximate surface area is 155 Å². The number of ether oxygens (including phenoxy) is 1. The lowest BCUT2D eigenvalue weighted by atomic mass is 10.3. The fourth-order valence-electron chi connectivity index (χ4n) is 3.38. The summed E-state index contributed by atoms with van der Waals surface area (Å²) in [6.45, 7) is 6.79. The molecular formula is C17H27O5PSSi. The maximum Gasteiger partial charge on any atom is 0.347 e. The monoisotopic (exact) mass is 402 g/mol. The molecule has 0 spiro atoms. The van der Waals surface area contributed by atoms with Crippen LogP contribution in [0.1, 0.15) is 6.42 Å². The van der Waals surface area contributed by atoms with Gasteiger partial charge in [0, 0.05) is 24.0 Å². The van der Waals surface area contributed by atoms with Crippen molar-refractivity contribution in [1.82, 2.24) is 0 Å². The highest BCUT2D eigenvalue weighted by atomic mass is 32.2. The van der Waals surface area contributed by atoms with Crippen LogP contribution in [-0.2, 0) is 23.1 Å². The van der Waals surface area contributed by atoms with Crippen LogP contribution in [0.15, 0.2) is 35.2 Å². The van der Waals surface area contributed by atoms with Gasteiger partial charge in [-0.2, -0.15) is 0 Å². The van der Waals surface area contributed by atoms with Crippen molar-refractivity contribution >= 4 is 33.4 Å². The van der Waals surface area contributed by atoms with Crippen LogP contribution in [0.5, 0.6) is 0 Å². The molecule has 5 nitrogen and oxygen atoms in total. The van der Waals surface area contributed by atoms with E-state index in [2.05, 4.69) is 31.8 Å². The number of methoxy groups -OCH3 is 1. The second-order valence-corrected chi connectivity index (χ2v) is 16.8. The van der Waals surface area contributed by atoms with Crippen molar-refractivity contribution in [3.05, 3.63) is 30.3 Å². The number of esters is 1. The molecule has 1 fully saturated rings. The van der Waals surface area contributed by atoms with Crippen LogP contribution < -0.4 is 0 Å². The molecule has 0 bridgehead atoms. The van der Waals surface area contributed by atoms with Crippen LogP contribution in [-0.4, -0.2) is 45.4 Å². The van der Waals surface area contributed by atoms with Gasteiger partial charge in [-0.1, -0.05) is 37.8 Å². The summed E-state index contributed by atoms with van der Waals surface area (Å²) in [6, 6.07) is 10.1. The molecule has 0 aromatic heterocycles. The lowest BCUT2D eigenvalue weighted by Crippen LogP contribution is -2.42. The molecule has 2 rings (SSSR count). The Hall–Kier alpha value is -0.593. The highest BCUT2D eigenvalue weighted by Crippen LogP contribution is 2.76. The topological polar surface area (TPSA) is 61.8 Å². The normalized spacial score (nSPS) is 24.6. The molecule has 0 unspecified atom stereocenters. The molecule has 0 N–H and O–H groups in total. The first kappa shape index (κ1) is 20.7. The predicted molar refractivity (Wildman–Crippen MR) is 104 cm³/mol. The number of benzene rings is 1. The third kappa shape index (κ3) is 3.76. The van der Waals surface area contributed by atoms with E-state index >= 15 is 0 Å². The Morgan fingerprint density at radius 2 is 1.76 bits per heavy atom. The van der Waals surface area contributed by atoms with Crippen molar-refractivity contribution in [1.29, 1.82) is 0 Å². The summed E-state index contributed by atoms with van der Waals surface area (Å²) in [5.41, 5.74) is 0. The first-order chi connectivity index (χ1) is 11.7. The molecule has 0 amide bonds. The zero-order valence-corrected chi connectivity index (χ0v) is 18.4. The van der Waals surface area contributed by atoms with Crippen LogP contribution in [0.2, 0.25) is 19.6 Å². The number of carbonyl (C=O) groups is 1. The Morgan fingerprint density at radius 1 is 1.20 bits per heavy atom. The van der Waals surface area contributed by atoms with Crippen molar-refractivity contribution in [2.24, 2.45) is 5.92 Å². The molecule has 1 saturated carbocycles. The van der Waals surface area contributed by atoms with E-state index in [1.807, 2.05) is 18.2 Å². The van der Waals surface area contributed by atoms with Crippen LogP contribution in [0.4, 0.5) is 0 Å². The van der Waals surface area contributed by atoms with E-state index in [0.29, 0.717) is 6.42 Å². The standard InChI is InChI=1S/C17H27O5PSSi/c1-20-16(18)17(23(19,21-2)22-3)12-14(17)15(25(4,5)6)24-13-10-8-7-9-11-13/h7-11,14-15H,12H2,1-6H3/t14-,15-,17-/m1/s1. The smallest absolute Gasteiger partial charge is 0.347 e. The lowest BCUT2D eigenvalue weighted by Gasteiger charge is -2.32. The molecule has 1 aliphatic rings. The van der Waals surface area contributed by atoms with Gasteiger partial charge in [-0.25, -0.2) is 0 Å². The molecule has 0 saturated heterocycles. The summed E-state index contributed by atoms with van der Waals surface area (Å²) in [4.78, 5) is 13.9. The molecule has 1 aromatic rings. The number of hydrogen-bond acceptors (Lipinski definition) is 6. The van der Waals surface area contributed by atoms with Gasteiger partial charge in [0.15, 0.2) is 5.16 Å². The molecule has 0 radical (unpaired) electrons. The van der Waals surface area contributed by atoms with Gasteiger partial charge in [0.1, 0.15) is 0 Å². The van der Waals surface area contributed by atoms with Gasteiger partial charge in [0.25, 0.3) is 0 Å². The van der Waals surface area contributed by atoms with E-state index in [1.54, 1.807) is 11.8 Å². The highest BCUT2D eigenvalue weighted by molar-refractivity contribution is 8.01. The zero-order chi connectivity index (χ0) is 18.9. The maximum atomic E-state index is 13.2. The van der Waals surface area contributed by atoms with Crippen LogP contribution in [0.25, 0.3) is 0 Å². The van der Waals surface area contributed by atoms with E-state index < -0.39 is 26.8 Å². The van der Waals surface area contributed by atoms with E-state index in [9.17, 15) is 9.36 Å². The first-order valence-electron chi connectivity index (χ1n) is 8.18. The quantitative estimate of drug-likeness (QED) is 0.277. The van der Waals surface area contributed by atoms with Gasteiger partial charge >= 0.3 is 13.6 Å². The van der Waals surface area contributed by atoms with Gasteiger partial charge in [-0.3, -0.25) is 9.36 Å². The number of thioether (sulfide) groups is 1. The molecule has 3 atom stereocenters. The van der Waals surface area contributed by atoms with Crippen LogP contribution in [0.3, 0.4) is 0 Å². The first-order valence-corrected chi connectivity index (χ1v) is 14.2. The summed E-state index contributed by atoms with van der Waals surface area (Å²) < 4.78 is 28.6. The second kappa shape index (κ2) is 7.57. The van der Waals surface area contributed by atoms with Crippen molar-refractivity contribution in [2.45, 2.75) is 41.0 Å². The van der Waals surface area contributed by atoms with Crippen molar-refractivity contribution < 1.29 is 23.1 Å². The Morgan fingerprint density at radius 3 is 2.20 bits per heavy atom. The number of carbonyl (C=O) groups excluding carboxylic acids is 1. The van der Waals surface area contributed by atoms with E-state index in [0.717, 1.165) is 4.90 Å². The molecule has 1 aliphatic carbocycles. The van der Waals surface area contributed by atoms with Crippen molar-refractivity contribution in [3.63, 3.8) is 0 Å². The van der Waals surface area contributed by atoms with Crippen molar-refractivity contribution in [3.8, 4) is 0 Å². The van der Waals surface area contributed by atoms with Gasteiger partial charge in [-0.15, -0.1) is 11.8 Å². The highest BCUT2D eigenvalue weighted by Gasteiger charge is 2.76. The van der Waals surface area contributed by atoms with Crippen LogP contribution >= 0.6 is 19.4 Å². The zero-order valence-electron chi connectivity index (χ0n) is 15.6. The Kier molecular flexibility index (Phi) is 6.27. The van der Waals surface area contributed by atoms with Gasteiger partial charge in [-0.05, 0) is 24.5 Å². The minimum Gasteiger partial charge on any atom is -0.468 e. The number of rotatable bonds is 8. The minimum absolute atomic E-state index is 0.0949. The van der Waals surface area contributed by atoms with E-state index in [1.165, 1.54) is 21.3 Å². The maximum absolute atomic E-state index is 13.2. The van der Waals surface area contributed by atoms with E-state index in [-0.39, 0.29) is 10.8 Å². The molecule has 8 heteroatoms. The molecular weight excluding hydrogens is 375 g/mol. The average molecular weight is 403 g/mol. The molecule has 0 heterocycles.